The molecule has 2 aromatic rings. The van der Waals surface area contributed by atoms with Gasteiger partial charge in [-0.1, -0.05) is 13.0 Å². The Hall–Kier alpha value is -2.21. The standard InChI is InChI=1S/C17H18N2O3S/c1-2-23(21,22)14-7-5-13(6-8-14)19-17(20)16-10-15(16)12-4-3-9-18-11-12/h3-9,11,15-16H,2,10H2,1H3,(H,19,20). The lowest BCUT2D eigenvalue weighted by atomic mass is 10.1. The summed E-state index contributed by atoms with van der Waals surface area (Å²) < 4.78 is 23.5. The SMILES string of the molecule is CCS(=O)(=O)c1ccc(NC(=O)C2CC2c2cccnc2)cc1. The van der Waals surface area contributed by atoms with E-state index in [0.29, 0.717) is 5.69 Å². The van der Waals surface area contributed by atoms with Gasteiger partial charge in [-0.3, -0.25) is 9.78 Å². The highest BCUT2D eigenvalue weighted by molar-refractivity contribution is 7.91. The van der Waals surface area contributed by atoms with E-state index in [0.717, 1.165) is 12.0 Å². The zero-order chi connectivity index (χ0) is 16.4. The number of pyridine rings is 1. The molecule has 0 saturated heterocycles. The van der Waals surface area contributed by atoms with Crippen LogP contribution in [0.4, 0.5) is 5.69 Å². The normalized spacial score (nSPS) is 20.0. The summed E-state index contributed by atoms with van der Waals surface area (Å²) in [6.45, 7) is 1.61. The van der Waals surface area contributed by atoms with Gasteiger partial charge in [0.15, 0.2) is 9.84 Å². The van der Waals surface area contributed by atoms with Crippen LogP contribution in [0.3, 0.4) is 0 Å². The maximum atomic E-state index is 12.2. The van der Waals surface area contributed by atoms with E-state index in [1.165, 1.54) is 12.1 Å². The third kappa shape index (κ3) is 3.42. The molecule has 1 amide bonds. The van der Waals surface area contributed by atoms with E-state index >= 15 is 0 Å². The summed E-state index contributed by atoms with van der Waals surface area (Å²) in [5.74, 6) is 0.208. The third-order valence-corrected chi connectivity index (χ3v) is 5.85. The van der Waals surface area contributed by atoms with Crippen molar-refractivity contribution in [1.82, 2.24) is 4.98 Å². The van der Waals surface area contributed by atoms with E-state index in [4.69, 9.17) is 0 Å². The molecule has 1 aromatic heterocycles. The highest BCUT2D eigenvalue weighted by atomic mass is 32.2. The number of hydrogen-bond acceptors (Lipinski definition) is 4. The Labute approximate surface area is 135 Å². The molecule has 2 unspecified atom stereocenters. The van der Waals surface area contributed by atoms with E-state index in [2.05, 4.69) is 10.3 Å². The van der Waals surface area contributed by atoms with Gasteiger partial charge >= 0.3 is 0 Å². The molecule has 6 heteroatoms. The van der Waals surface area contributed by atoms with Gasteiger partial charge in [-0.2, -0.15) is 0 Å². The number of hydrogen-bond donors (Lipinski definition) is 1. The lowest BCUT2D eigenvalue weighted by Gasteiger charge is -2.06. The van der Waals surface area contributed by atoms with E-state index in [-0.39, 0.29) is 28.4 Å². The Balaban J connectivity index is 1.63. The molecule has 0 aliphatic heterocycles. The molecule has 120 valence electrons. The van der Waals surface area contributed by atoms with E-state index in [1.54, 1.807) is 31.5 Å². The quantitative estimate of drug-likeness (QED) is 0.914. The summed E-state index contributed by atoms with van der Waals surface area (Å²) >= 11 is 0. The van der Waals surface area contributed by atoms with Gasteiger partial charge in [0.25, 0.3) is 0 Å². The van der Waals surface area contributed by atoms with Gasteiger partial charge in [0.05, 0.1) is 10.6 Å². The summed E-state index contributed by atoms with van der Waals surface area (Å²) in [5.41, 5.74) is 1.69. The summed E-state index contributed by atoms with van der Waals surface area (Å²) in [5, 5.41) is 2.85. The van der Waals surface area contributed by atoms with Crippen LogP contribution in [-0.2, 0) is 14.6 Å². The number of anilines is 1. The lowest BCUT2D eigenvalue weighted by molar-refractivity contribution is -0.117. The average Bonchev–Trinajstić information content (AvgIpc) is 3.37. The topological polar surface area (TPSA) is 76.1 Å². The van der Waals surface area contributed by atoms with Crippen LogP contribution in [0.25, 0.3) is 0 Å². The Morgan fingerprint density at radius 2 is 2.00 bits per heavy atom. The van der Waals surface area contributed by atoms with Crippen molar-refractivity contribution in [2.45, 2.75) is 24.2 Å². The van der Waals surface area contributed by atoms with Crippen molar-refractivity contribution in [2.75, 3.05) is 11.1 Å². The largest absolute Gasteiger partial charge is 0.326 e. The minimum absolute atomic E-state index is 0.0371. The molecule has 2 atom stereocenters. The molecule has 1 saturated carbocycles. The summed E-state index contributed by atoms with van der Waals surface area (Å²) in [7, 11) is -3.21. The van der Waals surface area contributed by atoms with Gasteiger partial charge in [-0.25, -0.2) is 8.42 Å². The van der Waals surface area contributed by atoms with Crippen molar-refractivity contribution >= 4 is 21.4 Å². The maximum absolute atomic E-state index is 12.2. The molecular formula is C17H18N2O3S. The molecule has 1 heterocycles. The maximum Gasteiger partial charge on any atom is 0.228 e. The first-order valence-corrected chi connectivity index (χ1v) is 9.20. The van der Waals surface area contributed by atoms with Crippen LogP contribution in [0, 0.1) is 5.92 Å². The molecule has 1 aliphatic carbocycles. The molecular weight excluding hydrogens is 312 g/mol. The second kappa shape index (κ2) is 6.12. The molecule has 1 aromatic carbocycles. The number of carbonyl (C=O) groups excluding carboxylic acids is 1. The van der Waals surface area contributed by atoms with Crippen LogP contribution in [0.15, 0.2) is 53.7 Å². The van der Waals surface area contributed by atoms with Gasteiger partial charge < -0.3 is 5.32 Å². The number of carbonyl (C=O) groups is 1. The number of rotatable bonds is 5. The van der Waals surface area contributed by atoms with Gasteiger partial charge in [0.1, 0.15) is 0 Å². The van der Waals surface area contributed by atoms with Gasteiger partial charge in [0.2, 0.25) is 5.91 Å². The van der Waals surface area contributed by atoms with E-state index < -0.39 is 9.84 Å². The molecule has 0 bridgehead atoms. The molecule has 1 fully saturated rings. The third-order valence-electron chi connectivity index (χ3n) is 4.10. The highest BCUT2D eigenvalue weighted by Crippen LogP contribution is 2.47. The highest BCUT2D eigenvalue weighted by Gasteiger charge is 2.44. The molecule has 1 aliphatic rings. The minimum Gasteiger partial charge on any atom is -0.326 e. The Morgan fingerprint density at radius 3 is 2.61 bits per heavy atom. The lowest BCUT2D eigenvalue weighted by Crippen LogP contribution is -2.14. The zero-order valence-electron chi connectivity index (χ0n) is 12.8. The number of benzene rings is 1. The predicted molar refractivity (Wildman–Crippen MR) is 87.9 cm³/mol. The summed E-state index contributed by atoms with van der Waals surface area (Å²) in [6.07, 6.45) is 4.33. The van der Waals surface area contributed by atoms with Crippen LogP contribution in [0.2, 0.25) is 0 Å². The number of nitrogens with one attached hydrogen (secondary N) is 1. The second-order valence-corrected chi connectivity index (χ2v) is 7.93. The van der Waals surface area contributed by atoms with Crippen LogP contribution in [0.5, 0.6) is 0 Å². The fourth-order valence-corrected chi connectivity index (χ4v) is 3.48. The monoisotopic (exact) mass is 330 g/mol. The van der Waals surface area contributed by atoms with Gasteiger partial charge in [-0.15, -0.1) is 0 Å². The molecule has 3 rings (SSSR count). The average molecular weight is 330 g/mol. The fraction of sp³-hybridized carbons (Fsp3) is 0.294. The Morgan fingerprint density at radius 1 is 1.26 bits per heavy atom. The first kappa shape index (κ1) is 15.7. The fourth-order valence-electron chi connectivity index (χ4n) is 2.60. The number of nitrogens with zero attached hydrogens (tertiary/aromatic N) is 1. The second-order valence-electron chi connectivity index (χ2n) is 5.65. The number of amides is 1. The van der Waals surface area contributed by atoms with Crippen molar-refractivity contribution in [3.8, 4) is 0 Å². The first-order valence-electron chi connectivity index (χ1n) is 7.55. The molecule has 23 heavy (non-hydrogen) atoms. The molecule has 5 nitrogen and oxygen atoms in total. The molecule has 0 radical (unpaired) electrons. The summed E-state index contributed by atoms with van der Waals surface area (Å²) in [4.78, 5) is 16.6. The van der Waals surface area contributed by atoms with Crippen molar-refractivity contribution in [2.24, 2.45) is 5.92 Å². The van der Waals surface area contributed by atoms with Gasteiger partial charge in [-0.05, 0) is 48.2 Å². The van der Waals surface area contributed by atoms with E-state index in [9.17, 15) is 13.2 Å². The first-order chi connectivity index (χ1) is 11.0. The number of aromatic nitrogens is 1. The molecule has 0 spiro atoms. The van der Waals surface area contributed by atoms with Crippen molar-refractivity contribution in [3.05, 3.63) is 54.4 Å². The number of sulfone groups is 1. The van der Waals surface area contributed by atoms with Crippen molar-refractivity contribution < 1.29 is 13.2 Å². The minimum atomic E-state index is -3.21. The van der Waals surface area contributed by atoms with Crippen LogP contribution in [0.1, 0.15) is 24.8 Å². The van der Waals surface area contributed by atoms with Crippen molar-refractivity contribution in [1.29, 1.82) is 0 Å². The predicted octanol–water partition coefficient (Wildman–Crippen LogP) is 2.62. The van der Waals surface area contributed by atoms with Crippen molar-refractivity contribution in [3.63, 3.8) is 0 Å². The van der Waals surface area contributed by atoms with Crippen LogP contribution in [-0.4, -0.2) is 25.1 Å². The molecule has 1 N–H and O–H groups in total. The van der Waals surface area contributed by atoms with Crippen LogP contribution >= 0.6 is 0 Å². The smallest absolute Gasteiger partial charge is 0.228 e. The van der Waals surface area contributed by atoms with Gasteiger partial charge in [0, 0.05) is 24.0 Å². The Bertz CT molecular complexity index is 801. The van der Waals surface area contributed by atoms with E-state index in [1.807, 2.05) is 12.1 Å². The zero-order valence-corrected chi connectivity index (χ0v) is 13.6. The summed E-state index contributed by atoms with van der Waals surface area (Å²) in [6, 6.07) is 10.2. The Kier molecular flexibility index (Phi) is 4.17. The van der Waals surface area contributed by atoms with Crippen LogP contribution < -0.4 is 5.32 Å².